The molecule has 0 aliphatic carbocycles. The fraction of sp³-hybridized carbons (Fsp3) is 0.250. The highest BCUT2D eigenvalue weighted by Gasteiger charge is 1.97. The molecule has 0 N–H and O–H groups in total. The summed E-state index contributed by atoms with van der Waals surface area (Å²) < 4.78 is 16.3. The van der Waals surface area contributed by atoms with Gasteiger partial charge in [0.15, 0.2) is 0 Å². The van der Waals surface area contributed by atoms with Crippen molar-refractivity contribution in [2.45, 2.75) is 6.61 Å². The Bertz CT molecular complexity index is 482. The van der Waals surface area contributed by atoms with Crippen molar-refractivity contribution in [2.75, 3.05) is 20.3 Å². The summed E-state index contributed by atoms with van der Waals surface area (Å²) in [6, 6.07) is 17.6. The molecule has 100 valence electrons. The largest absolute Gasteiger partial charge is 0.497 e. The van der Waals surface area contributed by atoms with Crippen LogP contribution in [0.15, 0.2) is 54.6 Å². The van der Waals surface area contributed by atoms with Gasteiger partial charge in [0.05, 0.1) is 20.3 Å². The van der Waals surface area contributed by atoms with E-state index < -0.39 is 0 Å². The van der Waals surface area contributed by atoms with Gasteiger partial charge in [0, 0.05) is 6.07 Å². The zero-order valence-corrected chi connectivity index (χ0v) is 11.0. The molecule has 0 aromatic heterocycles. The second-order valence-electron chi connectivity index (χ2n) is 4.07. The van der Waals surface area contributed by atoms with Crippen LogP contribution in [0.25, 0.3) is 0 Å². The molecule has 0 aliphatic heterocycles. The first-order valence-electron chi connectivity index (χ1n) is 6.27. The van der Waals surface area contributed by atoms with Gasteiger partial charge in [-0.2, -0.15) is 0 Å². The van der Waals surface area contributed by atoms with Gasteiger partial charge in [0.2, 0.25) is 0 Å². The first kappa shape index (κ1) is 13.4. The monoisotopic (exact) mass is 258 g/mol. The quantitative estimate of drug-likeness (QED) is 0.713. The van der Waals surface area contributed by atoms with Gasteiger partial charge in [-0.15, -0.1) is 0 Å². The molecule has 2 rings (SSSR count). The van der Waals surface area contributed by atoms with Crippen LogP contribution in [0.5, 0.6) is 11.5 Å². The van der Waals surface area contributed by atoms with Gasteiger partial charge in [-0.05, 0) is 17.7 Å². The highest BCUT2D eigenvalue weighted by Crippen LogP contribution is 2.18. The third-order valence-electron chi connectivity index (χ3n) is 2.65. The summed E-state index contributed by atoms with van der Waals surface area (Å²) in [7, 11) is 1.64. The molecule has 0 saturated carbocycles. The Morgan fingerprint density at radius 2 is 1.63 bits per heavy atom. The second-order valence-corrected chi connectivity index (χ2v) is 4.07. The zero-order valence-electron chi connectivity index (χ0n) is 11.0. The van der Waals surface area contributed by atoms with Crippen LogP contribution < -0.4 is 9.47 Å². The molecular formula is C16H18O3. The molecule has 2 aromatic carbocycles. The molecule has 19 heavy (non-hydrogen) atoms. The molecule has 0 atom stereocenters. The van der Waals surface area contributed by atoms with E-state index in [1.54, 1.807) is 7.11 Å². The maximum atomic E-state index is 5.58. The molecule has 3 heteroatoms. The van der Waals surface area contributed by atoms with Crippen LogP contribution in [-0.4, -0.2) is 20.3 Å². The Labute approximate surface area is 113 Å². The van der Waals surface area contributed by atoms with Gasteiger partial charge >= 0.3 is 0 Å². The van der Waals surface area contributed by atoms with Crippen LogP contribution in [0.4, 0.5) is 0 Å². The number of hydrogen-bond donors (Lipinski definition) is 0. The number of rotatable bonds is 7. The minimum absolute atomic E-state index is 0.528. The Balaban J connectivity index is 1.66. The van der Waals surface area contributed by atoms with E-state index in [1.807, 2.05) is 54.6 Å². The Hall–Kier alpha value is -2.00. The van der Waals surface area contributed by atoms with Crippen LogP contribution in [0.3, 0.4) is 0 Å². The van der Waals surface area contributed by atoms with E-state index in [2.05, 4.69) is 0 Å². The lowest BCUT2D eigenvalue weighted by Crippen LogP contribution is -2.06. The van der Waals surface area contributed by atoms with E-state index in [0.29, 0.717) is 19.8 Å². The average Bonchev–Trinajstić information content (AvgIpc) is 2.48. The zero-order chi connectivity index (χ0) is 13.3. The van der Waals surface area contributed by atoms with Crippen LogP contribution in [0.1, 0.15) is 5.56 Å². The molecular weight excluding hydrogens is 240 g/mol. The minimum Gasteiger partial charge on any atom is -0.497 e. The van der Waals surface area contributed by atoms with Gasteiger partial charge in [-0.3, -0.25) is 0 Å². The van der Waals surface area contributed by atoms with E-state index in [9.17, 15) is 0 Å². The molecule has 2 aromatic rings. The van der Waals surface area contributed by atoms with E-state index in [0.717, 1.165) is 11.5 Å². The van der Waals surface area contributed by atoms with Gasteiger partial charge in [-0.1, -0.05) is 36.4 Å². The van der Waals surface area contributed by atoms with Crippen molar-refractivity contribution >= 4 is 0 Å². The van der Waals surface area contributed by atoms with Gasteiger partial charge in [-0.25, -0.2) is 0 Å². The van der Waals surface area contributed by atoms with Crippen molar-refractivity contribution in [3.05, 3.63) is 60.2 Å². The van der Waals surface area contributed by atoms with Gasteiger partial charge < -0.3 is 14.2 Å². The van der Waals surface area contributed by atoms with E-state index in [-0.39, 0.29) is 0 Å². The topological polar surface area (TPSA) is 27.7 Å². The van der Waals surface area contributed by atoms with Crippen molar-refractivity contribution in [1.29, 1.82) is 0 Å². The fourth-order valence-corrected chi connectivity index (χ4v) is 1.67. The van der Waals surface area contributed by atoms with E-state index in [4.69, 9.17) is 14.2 Å². The minimum atomic E-state index is 0.528. The van der Waals surface area contributed by atoms with Crippen molar-refractivity contribution in [2.24, 2.45) is 0 Å². The molecule has 0 unspecified atom stereocenters. The summed E-state index contributed by atoms with van der Waals surface area (Å²) in [6.07, 6.45) is 0. The predicted molar refractivity (Wildman–Crippen MR) is 74.6 cm³/mol. The van der Waals surface area contributed by atoms with Crippen molar-refractivity contribution in [3.63, 3.8) is 0 Å². The van der Waals surface area contributed by atoms with E-state index >= 15 is 0 Å². The molecule has 0 radical (unpaired) electrons. The Morgan fingerprint density at radius 3 is 2.42 bits per heavy atom. The highest BCUT2D eigenvalue weighted by atomic mass is 16.5. The SMILES string of the molecule is COc1cccc(OCCOCc2ccccc2)c1. The summed E-state index contributed by atoms with van der Waals surface area (Å²) in [5, 5.41) is 0. The number of ether oxygens (including phenoxy) is 3. The van der Waals surface area contributed by atoms with E-state index in [1.165, 1.54) is 5.56 Å². The fourth-order valence-electron chi connectivity index (χ4n) is 1.67. The van der Waals surface area contributed by atoms with Gasteiger partial charge in [0.1, 0.15) is 18.1 Å². The average molecular weight is 258 g/mol. The second kappa shape index (κ2) is 7.44. The van der Waals surface area contributed by atoms with Crippen molar-refractivity contribution < 1.29 is 14.2 Å². The summed E-state index contributed by atoms with van der Waals surface area (Å²) in [5.41, 5.74) is 1.17. The normalized spacial score (nSPS) is 10.2. The lowest BCUT2D eigenvalue weighted by Gasteiger charge is -2.08. The first-order valence-corrected chi connectivity index (χ1v) is 6.27. The van der Waals surface area contributed by atoms with Crippen molar-refractivity contribution in [3.8, 4) is 11.5 Å². The molecule has 0 spiro atoms. The Kier molecular flexibility index (Phi) is 5.26. The lowest BCUT2D eigenvalue weighted by atomic mass is 10.2. The van der Waals surface area contributed by atoms with Gasteiger partial charge in [0.25, 0.3) is 0 Å². The third-order valence-corrected chi connectivity index (χ3v) is 2.65. The predicted octanol–water partition coefficient (Wildman–Crippen LogP) is 3.29. The molecule has 0 heterocycles. The molecule has 3 nitrogen and oxygen atoms in total. The molecule has 0 bridgehead atoms. The number of benzene rings is 2. The van der Waals surface area contributed by atoms with Crippen LogP contribution >= 0.6 is 0 Å². The smallest absolute Gasteiger partial charge is 0.123 e. The Morgan fingerprint density at radius 1 is 0.842 bits per heavy atom. The third kappa shape index (κ3) is 4.64. The van der Waals surface area contributed by atoms with Crippen LogP contribution in [-0.2, 0) is 11.3 Å². The summed E-state index contributed by atoms with van der Waals surface area (Å²) in [4.78, 5) is 0. The maximum absolute atomic E-state index is 5.58. The summed E-state index contributed by atoms with van der Waals surface area (Å²) in [6.45, 7) is 1.70. The highest BCUT2D eigenvalue weighted by molar-refractivity contribution is 5.32. The summed E-state index contributed by atoms with van der Waals surface area (Å²) in [5.74, 6) is 1.59. The molecule has 0 saturated heterocycles. The summed E-state index contributed by atoms with van der Waals surface area (Å²) >= 11 is 0. The van der Waals surface area contributed by atoms with Crippen LogP contribution in [0.2, 0.25) is 0 Å². The molecule has 0 amide bonds. The number of methoxy groups -OCH3 is 1. The standard InChI is InChI=1S/C16H18O3/c1-17-15-8-5-9-16(12-15)19-11-10-18-13-14-6-3-2-4-7-14/h2-9,12H,10-11,13H2,1H3. The lowest BCUT2D eigenvalue weighted by molar-refractivity contribution is 0.0888. The van der Waals surface area contributed by atoms with Crippen molar-refractivity contribution in [1.82, 2.24) is 0 Å². The number of hydrogen-bond acceptors (Lipinski definition) is 3. The molecule has 0 fully saturated rings. The van der Waals surface area contributed by atoms with Crippen LogP contribution in [0, 0.1) is 0 Å². The molecule has 0 aliphatic rings. The maximum Gasteiger partial charge on any atom is 0.123 e. The first-order chi connectivity index (χ1) is 9.38.